The molecule has 2 N–H and O–H groups in total. The van der Waals surface area contributed by atoms with Crippen LogP contribution in [-0.2, 0) is 0 Å². The number of aryl methyl sites for hydroxylation is 1. The van der Waals surface area contributed by atoms with Gasteiger partial charge in [-0.2, -0.15) is 0 Å². The lowest BCUT2D eigenvalue weighted by atomic mass is 9.99. The normalized spacial score (nSPS) is 19.4. The lowest BCUT2D eigenvalue weighted by Crippen LogP contribution is -2.42. The Labute approximate surface area is 175 Å². The summed E-state index contributed by atoms with van der Waals surface area (Å²) in [5.74, 6) is 1.72. The van der Waals surface area contributed by atoms with Crippen molar-refractivity contribution in [3.8, 4) is 11.5 Å². The number of hydrogen-bond acceptors (Lipinski definition) is 3. The SMILES string of the molecule is Cc1cc2c3c(ccc2[nH]1)OCC(CN1CC=C(c2c[nH]c4ccccc24)CC1)O3. The number of para-hydroxylation sites is 1. The van der Waals surface area contributed by atoms with Crippen LogP contribution in [0, 0.1) is 6.92 Å². The molecule has 152 valence electrons. The summed E-state index contributed by atoms with van der Waals surface area (Å²) in [7, 11) is 0. The van der Waals surface area contributed by atoms with E-state index in [1.54, 1.807) is 0 Å². The van der Waals surface area contributed by atoms with E-state index in [4.69, 9.17) is 9.47 Å². The second-order valence-electron chi connectivity index (χ2n) is 8.34. The highest BCUT2D eigenvalue weighted by Gasteiger charge is 2.26. The monoisotopic (exact) mass is 399 g/mol. The number of rotatable bonds is 3. The molecule has 1 unspecified atom stereocenters. The Morgan fingerprint density at radius 2 is 2.03 bits per heavy atom. The van der Waals surface area contributed by atoms with Crippen molar-refractivity contribution in [2.75, 3.05) is 26.2 Å². The van der Waals surface area contributed by atoms with E-state index in [0.717, 1.165) is 54.2 Å². The Kier molecular flexibility index (Phi) is 4.09. The van der Waals surface area contributed by atoms with E-state index in [2.05, 4.69) is 70.5 Å². The second kappa shape index (κ2) is 6.96. The van der Waals surface area contributed by atoms with Crippen molar-refractivity contribution < 1.29 is 9.47 Å². The largest absolute Gasteiger partial charge is 0.486 e. The summed E-state index contributed by atoms with van der Waals surface area (Å²) in [5, 5.41) is 2.42. The number of hydrogen-bond donors (Lipinski definition) is 2. The van der Waals surface area contributed by atoms with Crippen molar-refractivity contribution in [2.45, 2.75) is 19.4 Å². The number of nitrogens with one attached hydrogen (secondary N) is 2. The van der Waals surface area contributed by atoms with Crippen molar-refractivity contribution in [1.29, 1.82) is 0 Å². The van der Waals surface area contributed by atoms with Crippen LogP contribution >= 0.6 is 0 Å². The highest BCUT2D eigenvalue weighted by molar-refractivity contribution is 5.93. The Bertz CT molecular complexity index is 1270. The fraction of sp³-hybridized carbons (Fsp3) is 0.280. The molecule has 30 heavy (non-hydrogen) atoms. The molecule has 1 atom stereocenters. The lowest BCUT2D eigenvalue weighted by molar-refractivity contribution is 0.0633. The van der Waals surface area contributed by atoms with Crippen molar-refractivity contribution in [3.63, 3.8) is 0 Å². The van der Waals surface area contributed by atoms with Crippen molar-refractivity contribution in [1.82, 2.24) is 14.9 Å². The van der Waals surface area contributed by atoms with Gasteiger partial charge in [0.1, 0.15) is 12.7 Å². The first-order chi connectivity index (χ1) is 14.7. The first-order valence-corrected chi connectivity index (χ1v) is 10.6. The zero-order valence-corrected chi connectivity index (χ0v) is 17.1. The van der Waals surface area contributed by atoms with Gasteiger partial charge in [0, 0.05) is 58.9 Å². The molecule has 4 heterocycles. The molecule has 5 nitrogen and oxygen atoms in total. The fourth-order valence-electron chi connectivity index (χ4n) is 4.75. The number of ether oxygens (including phenoxy) is 2. The zero-order chi connectivity index (χ0) is 20.1. The van der Waals surface area contributed by atoms with Gasteiger partial charge in [-0.1, -0.05) is 24.3 Å². The third-order valence-corrected chi connectivity index (χ3v) is 6.25. The summed E-state index contributed by atoms with van der Waals surface area (Å²) in [5.41, 5.74) is 6.20. The van der Waals surface area contributed by atoms with E-state index in [0.29, 0.717) is 6.61 Å². The molecular weight excluding hydrogens is 374 g/mol. The van der Waals surface area contributed by atoms with Gasteiger partial charge >= 0.3 is 0 Å². The Morgan fingerprint density at radius 1 is 1.10 bits per heavy atom. The molecule has 2 aromatic carbocycles. The zero-order valence-electron chi connectivity index (χ0n) is 17.1. The standard InChI is InChI=1S/C25H25N3O2/c1-16-12-20-23(27-16)6-7-24-25(20)30-18(15-29-24)14-28-10-8-17(9-11-28)21-13-26-22-5-3-2-4-19(21)22/h2-8,12-13,18,26-27H,9-11,14-15H2,1H3. The number of aromatic nitrogens is 2. The Morgan fingerprint density at radius 3 is 2.93 bits per heavy atom. The van der Waals surface area contributed by atoms with Crippen molar-refractivity contribution in [2.24, 2.45) is 0 Å². The van der Waals surface area contributed by atoms with Gasteiger partial charge in [-0.15, -0.1) is 0 Å². The van der Waals surface area contributed by atoms with Crippen LogP contribution in [0.2, 0.25) is 0 Å². The maximum Gasteiger partial charge on any atom is 0.171 e. The number of fused-ring (bicyclic) bond motifs is 4. The summed E-state index contributed by atoms with van der Waals surface area (Å²) in [6.45, 7) is 5.51. The third kappa shape index (κ3) is 2.97. The van der Waals surface area contributed by atoms with Crippen LogP contribution in [0.4, 0.5) is 0 Å². The predicted molar refractivity (Wildman–Crippen MR) is 120 cm³/mol. The molecule has 6 rings (SSSR count). The van der Waals surface area contributed by atoms with Crippen molar-refractivity contribution >= 4 is 27.4 Å². The maximum absolute atomic E-state index is 6.41. The summed E-state index contributed by atoms with van der Waals surface area (Å²) in [4.78, 5) is 9.23. The summed E-state index contributed by atoms with van der Waals surface area (Å²) >= 11 is 0. The molecule has 0 spiro atoms. The first kappa shape index (κ1) is 17.7. The summed E-state index contributed by atoms with van der Waals surface area (Å²) < 4.78 is 12.4. The van der Waals surface area contributed by atoms with Gasteiger partial charge in [0.05, 0.1) is 0 Å². The average Bonchev–Trinajstić information content (AvgIpc) is 3.37. The molecule has 0 radical (unpaired) electrons. The van der Waals surface area contributed by atoms with E-state index in [1.807, 2.05) is 6.07 Å². The molecule has 0 bridgehead atoms. The number of nitrogens with zero attached hydrogens (tertiary/aromatic N) is 1. The molecule has 2 aliphatic heterocycles. The molecule has 2 aliphatic rings. The lowest BCUT2D eigenvalue weighted by Gasteiger charge is -2.33. The van der Waals surface area contributed by atoms with Crippen LogP contribution in [0.3, 0.4) is 0 Å². The maximum atomic E-state index is 6.41. The number of aromatic amines is 2. The van der Waals surface area contributed by atoms with E-state index in [1.165, 1.54) is 22.0 Å². The van der Waals surface area contributed by atoms with Crippen LogP contribution in [-0.4, -0.2) is 47.2 Å². The molecule has 0 aliphatic carbocycles. The van der Waals surface area contributed by atoms with Gasteiger partial charge in [0.2, 0.25) is 0 Å². The molecule has 5 heteroatoms. The van der Waals surface area contributed by atoms with Gasteiger partial charge in [-0.3, -0.25) is 4.90 Å². The smallest absolute Gasteiger partial charge is 0.171 e. The minimum atomic E-state index is 0.0429. The molecule has 4 aromatic rings. The van der Waals surface area contributed by atoms with Crippen LogP contribution < -0.4 is 9.47 Å². The molecule has 2 aromatic heterocycles. The molecule has 0 amide bonds. The van der Waals surface area contributed by atoms with E-state index < -0.39 is 0 Å². The Balaban J connectivity index is 1.17. The molecule has 0 fully saturated rings. The van der Waals surface area contributed by atoms with Crippen LogP contribution in [0.5, 0.6) is 11.5 Å². The van der Waals surface area contributed by atoms with Crippen LogP contribution in [0.1, 0.15) is 17.7 Å². The van der Waals surface area contributed by atoms with Gasteiger partial charge < -0.3 is 19.4 Å². The predicted octanol–water partition coefficient (Wildman–Crippen LogP) is 4.89. The van der Waals surface area contributed by atoms with Gasteiger partial charge in [0.15, 0.2) is 11.5 Å². The molecule has 0 saturated heterocycles. The first-order valence-electron chi connectivity index (χ1n) is 10.6. The highest BCUT2D eigenvalue weighted by Crippen LogP contribution is 2.39. The quantitative estimate of drug-likeness (QED) is 0.516. The van der Waals surface area contributed by atoms with Crippen molar-refractivity contribution in [3.05, 3.63) is 66.0 Å². The minimum Gasteiger partial charge on any atom is -0.486 e. The Hall–Kier alpha value is -3.18. The molecule has 0 saturated carbocycles. The molecular formula is C25H25N3O2. The highest BCUT2D eigenvalue weighted by atomic mass is 16.6. The number of benzene rings is 2. The van der Waals surface area contributed by atoms with Crippen LogP contribution in [0.25, 0.3) is 27.4 Å². The fourth-order valence-corrected chi connectivity index (χ4v) is 4.75. The van der Waals surface area contributed by atoms with E-state index in [9.17, 15) is 0 Å². The van der Waals surface area contributed by atoms with Gasteiger partial charge in [-0.25, -0.2) is 0 Å². The topological polar surface area (TPSA) is 53.3 Å². The van der Waals surface area contributed by atoms with Gasteiger partial charge in [0.25, 0.3) is 0 Å². The average molecular weight is 399 g/mol. The van der Waals surface area contributed by atoms with E-state index >= 15 is 0 Å². The van der Waals surface area contributed by atoms with Crippen LogP contribution in [0.15, 0.2) is 54.7 Å². The summed E-state index contributed by atoms with van der Waals surface area (Å²) in [6.07, 6.45) is 5.60. The van der Waals surface area contributed by atoms with E-state index in [-0.39, 0.29) is 6.10 Å². The third-order valence-electron chi connectivity index (χ3n) is 6.25. The van der Waals surface area contributed by atoms with Gasteiger partial charge in [-0.05, 0) is 43.2 Å². The number of H-pyrrole nitrogens is 2. The summed E-state index contributed by atoms with van der Waals surface area (Å²) in [6, 6.07) is 14.7. The second-order valence-corrected chi connectivity index (χ2v) is 8.34. The minimum absolute atomic E-state index is 0.0429.